The van der Waals surface area contributed by atoms with E-state index in [0.29, 0.717) is 12.6 Å². The topological polar surface area (TPSA) is 21.3 Å². The molecule has 0 saturated carbocycles. The van der Waals surface area contributed by atoms with Gasteiger partial charge in [-0.2, -0.15) is 0 Å². The summed E-state index contributed by atoms with van der Waals surface area (Å²) in [5, 5.41) is 3.08. The van der Waals surface area contributed by atoms with Crippen LogP contribution in [-0.2, 0) is 4.74 Å². The monoisotopic (exact) mass is 193 g/mol. The minimum absolute atomic E-state index is 0.449. The van der Waals surface area contributed by atoms with Crippen molar-refractivity contribution in [3.05, 3.63) is 0 Å². The highest BCUT2D eigenvalue weighted by Crippen LogP contribution is 2.11. The lowest BCUT2D eigenvalue weighted by molar-refractivity contribution is 0.277. The Morgan fingerprint density at radius 2 is 1.85 bits per heavy atom. The minimum atomic E-state index is -0.583. The molecule has 3 heteroatoms. The van der Waals surface area contributed by atoms with E-state index >= 15 is 0 Å². The van der Waals surface area contributed by atoms with Gasteiger partial charge in [-0.3, -0.25) is 0 Å². The Morgan fingerprint density at radius 1 is 1.38 bits per heavy atom. The fourth-order valence-corrected chi connectivity index (χ4v) is 1.08. The van der Waals surface area contributed by atoms with E-state index in [4.69, 9.17) is 0 Å². The lowest BCUT2D eigenvalue weighted by atomic mass is 10.2. The molecule has 1 aliphatic rings. The first kappa shape index (κ1) is 15.3. The molecule has 1 saturated heterocycles. The first-order valence-corrected chi connectivity index (χ1v) is 5.02. The van der Waals surface area contributed by atoms with Gasteiger partial charge >= 0.3 is 0 Å². The van der Waals surface area contributed by atoms with Gasteiger partial charge in [0.05, 0.1) is 0 Å². The van der Waals surface area contributed by atoms with Crippen molar-refractivity contribution in [2.75, 3.05) is 20.8 Å². The smallest absolute Gasteiger partial charge is 0.114 e. The zero-order valence-corrected chi connectivity index (χ0v) is 9.56. The van der Waals surface area contributed by atoms with Crippen LogP contribution in [0.25, 0.3) is 0 Å². The van der Waals surface area contributed by atoms with Gasteiger partial charge in [-0.05, 0) is 12.8 Å². The number of halogens is 1. The zero-order valence-electron chi connectivity index (χ0n) is 9.56. The van der Waals surface area contributed by atoms with Crippen LogP contribution in [0.1, 0.15) is 33.6 Å². The first-order chi connectivity index (χ1) is 6.24. The highest BCUT2D eigenvalue weighted by molar-refractivity contribution is 4.79. The van der Waals surface area contributed by atoms with E-state index < -0.39 is 6.17 Å². The van der Waals surface area contributed by atoms with Crippen LogP contribution in [-0.4, -0.2) is 33.0 Å². The van der Waals surface area contributed by atoms with Crippen molar-refractivity contribution in [3.63, 3.8) is 0 Å². The summed E-state index contributed by atoms with van der Waals surface area (Å²) in [7, 11) is 3.25. The van der Waals surface area contributed by atoms with Crippen LogP contribution in [0, 0.1) is 0 Å². The lowest BCUT2D eigenvalue weighted by Crippen LogP contribution is -2.19. The zero-order chi connectivity index (χ0) is 10.7. The van der Waals surface area contributed by atoms with Crippen molar-refractivity contribution in [3.8, 4) is 0 Å². The van der Waals surface area contributed by atoms with Gasteiger partial charge in [0, 0.05) is 26.8 Å². The number of alkyl halides is 1. The van der Waals surface area contributed by atoms with E-state index in [1.807, 2.05) is 13.8 Å². The van der Waals surface area contributed by atoms with Crippen LogP contribution >= 0.6 is 0 Å². The second kappa shape index (κ2) is 11.8. The fraction of sp³-hybridized carbons (Fsp3) is 1.00. The Labute approximate surface area is 81.9 Å². The molecule has 1 rings (SSSR count). The molecule has 1 aliphatic heterocycles. The van der Waals surface area contributed by atoms with Gasteiger partial charge in [0.25, 0.3) is 0 Å². The lowest BCUT2D eigenvalue weighted by Gasteiger charge is -2.02. The van der Waals surface area contributed by atoms with E-state index in [1.165, 1.54) is 0 Å². The molecule has 0 amide bonds. The molecule has 1 N–H and O–H groups in total. The van der Waals surface area contributed by atoms with Gasteiger partial charge in [-0.1, -0.05) is 20.8 Å². The van der Waals surface area contributed by atoms with Crippen molar-refractivity contribution in [1.29, 1.82) is 0 Å². The first-order valence-electron chi connectivity index (χ1n) is 5.02. The van der Waals surface area contributed by atoms with E-state index in [0.717, 1.165) is 12.8 Å². The van der Waals surface area contributed by atoms with Crippen LogP contribution < -0.4 is 5.32 Å². The van der Waals surface area contributed by atoms with Crippen LogP contribution in [0.5, 0.6) is 0 Å². The van der Waals surface area contributed by atoms with E-state index in [9.17, 15) is 4.39 Å². The second-order valence-corrected chi connectivity index (χ2v) is 2.75. The minimum Gasteiger partial charge on any atom is -0.388 e. The average molecular weight is 193 g/mol. The van der Waals surface area contributed by atoms with Crippen LogP contribution in [0.15, 0.2) is 0 Å². The normalized spacial score (nSPS) is 25.4. The van der Waals surface area contributed by atoms with Crippen molar-refractivity contribution < 1.29 is 9.13 Å². The molecule has 0 radical (unpaired) electrons. The molecular weight excluding hydrogens is 169 g/mol. The average Bonchev–Trinajstić information content (AvgIpc) is 2.56. The molecule has 1 heterocycles. The third-order valence-electron chi connectivity index (χ3n) is 1.66. The van der Waals surface area contributed by atoms with Gasteiger partial charge in [0.1, 0.15) is 6.17 Å². The molecule has 0 aromatic heterocycles. The Kier molecular flexibility index (Phi) is 14.0. The number of methoxy groups -OCH3 is 1. The van der Waals surface area contributed by atoms with E-state index in [1.54, 1.807) is 14.2 Å². The van der Waals surface area contributed by atoms with Crippen LogP contribution in [0.4, 0.5) is 4.39 Å². The van der Waals surface area contributed by atoms with Gasteiger partial charge in [0.15, 0.2) is 0 Å². The van der Waals surface area contributed by atoms with Crippen LogP contribution in [0.3, 0.4) is 0 Å². The predicted octanol–water partition coefficient (Wildman–Crippen LogP) is 2.39. The predicted molar refractivity (Wildman–Crippen MR) is 55.9 cm³/mol. The van der Waals surface area contributed by atoms with Crippen molar-refractivity contribution in [2.45, 2.75) is 45.8 Å². The van der Waals surface area contributed by atoms with Gasteiger partial charge in [-0.15, -0.1) is 0 Å². The summed E-state index contributed by atoms with van der Waals surface area (Å²) in [6, 6.07) is 0.449. The highest BCUT2D eigenvalue weighted by Gasteiger charge is 2.20. The molecule has 2 nitrogen and oxygen atoms in total. The van der Waals surface area contributed by atoms with E-state index in [-0.39, 0.29) is 0 Å². The molecular formula is C10H24FNO. The summed E-state index contributed by atoms with van der Waals surface area (Å²) >= 11 is 0. The number of hydrogen-bond donors (Lipinski definition) is 1. The maximum atomic E-state index is 12.3. The number of ether oxygens (including phenoxy) is 1. The Balaban J connectivity index is 0. The molecule has 0 aliphatic carbocycles. The maximum absolute atomic E-state index is 12.3. The van der Waals surface area contributed by atoms with Gasteiger partial charge in [-0.25, -0.2) is 4.39 Å². The molecule has 0 aromatic rings. The summed E-state index contributed by atoms with van der Waals surface area (Å²) in [5.74, 6) is 0. The summed E-state index contributed by atoms with van der Waals surface area (Å²) in [6.07, 6.45) is 1.19. The van der Waals surface area contributed by atoms with Crippen molar-refractivity contribution >= 4 is 0 Å². The molecule has 0 spiro atoms. The highest BCUT2D eigenvalue weighted by atomic mass is 19.1. The second-order valence-electron chi connectivity index (χ2n) is 2.75. The quantitative estimate of drug-likeness (QED) is 0.690. The third kappa shape index (κ3) is 9.77. The van der Waals surface area contributed by atoms with Crippen molar-refractivity contribution in [1.82, 2.24) is 5.32 Å². The molecule has 2 atom stereocenters. The Morgan fingerprint density at radius 3 is 2.00 bits per heavy atom. The SMILES string of the molecule is CC.CCC1CC(F)CN1.COC. The summed E-state index contributed by atoms with van der Waals surface area (Å²) < 4.78 is 16.5. The van der Waals surface area contributed by atoms with Gasteiger partial charge < -0.3 is 10.1 Å². The molecule has 0 bridgehead atoms. The molecule has 2 unspecified atom stereocenters. The number of rotatable bonds is 1. The summed E-state index contributed by atoms with van der Waals surface area (Å²) in [4.78, 5) is 0. The van der Waals surface area contributed by atoms with Gasteiger partial charge in [0.2, 0.25) is 0 Å². The maximum Gasteiger partial charge on any atom is 0.114 e. The summed E-state index contributed by atoms with van der Waals surface area (Å²) in [5.41, 5.74) is 0. The molecule has 1 fully saturated rings. The Bertz CT molecular complexity index is 91.0. The molecule has 82 valence electrons. The molecule has 0 aromatic carbocycles. The van der Waals surface area contributed by atoms with Crippen molar-refractivity contribution in [2.24, 2.45) is 0 Å². The summed E-state index contributed by atoms with van der Waals surface area (Å²) in [6.45, 7) is 6.65. The third-order valence-corrected chi connectivity index (χ3v) is 1.66. The van der Waals surface area contributed by atoms with Crippen LogP contribution in [0.2, 0.25) is 0 Å². The number of hydrogen-bond acceptors (Lipinski definition) is 2. The molecule has 13 heavy (non-hydrogen) atoms. The van der Waals surface area contributed by atoms with E-state index in [2.05, 4.69) is 17.0 Å². The largest absolute Gasteiger partial charge is 0.388 e. The fourth-order valence-electron chi connectivity index (χ4n) is 1.08. The standard InChI is InChI=1S/C6H12FN.C2H6O.C2H6/c1-2-6-3-5(7)4-8-6;1-3-2;1-2/h5-6,8H,2-4H2,1H3;1-2H3;1-2H3. The Hall–Kier alpha value is -0.150. The number of nitrogens with one attached hydrogen (secondary N) is 1.